The van der Waals surface area contributed by atoms with Crippen molar-refractivity contribution in [2.24, 2.45) is 38.3 Å². The van der Waals surface area contributed by atoms with Crippen LogP contribution in [0.2, 0.25) is 0 Å². The smallest absolute Gasteiger partial charge is 0.359 e. The summed E-state index contributed by atoms with van der Waals surface area (Å²) in [4.78, 5) is 94.6. The maximum atomic E-state index is 13.1. The number of ether oxygens (including phenoxy) is 1. The number of azo groups is 1. The number of urea groups is 1. The van der Waals surface area contributed by atoms with Crippen molar-refractivity contribution in [3.05, 3.63) is 54.2 Å². The Kier molecular flexibility index (Phi) is 20.1. The molecule has 0 fully saturated rings. The summed E-state index contributed by atoms with van der Waals surface area (Å²) in [7, 11) is 0. The van der Waals surface area contributed by atoms with E-state index in [1.54, 1.807) is 56.3 Å². The van der Waals surface area contributed by atoms with Crippen LogP contribution in [0.4, 0.5) is 10.6 Å². The third-order valence-electron chi connectivity index (χ3n) is 7.79. The first-order valence-corrected chi connectivity index (χ1v) is 17.8. The number of amides is 6. The number of pyridine rings is 1. The number of carboxylic acid groups (broad SMARTS) is 2. The fraction of sp³-hybridized carbons (Fsp3) is 0.457. The molecular weight excluding hydrogens is 748 g/mol. The van der Waals surface area contributed by atoms with Crippen LogP contribution in [-0.4, -0.2) is 113 Å². The van der Waals surface area contributed by atoms with Gasteiger partial charge in [0.25, 0.3) is 0 Å². The predicted molar refractivity (Wildman–Crippen MR) is 204 cm³/mol. The number of benzene rings is 1. The SMILES string of the molecule is CC(C)[C@H](N)C(=O)N[C@@H](CCCN=C(N)N)C(=O)NCC(=O)N[C@@H](CC(=O)O)C(=O)N[C@@H](Cc1ccc(OCCCNC(=O)/N=N/c2ccccn2)cc1)C(=O)O. The molecule has 1 aromatic heterocycles. The predicted octanol–water partition coefficient (Wildman–Crippen LogP) is -0.947. The van der Waals surface area contributed by atoms with Crippen LogP contribution in [0.25, 0.3) is 0 Å². The molecule has 1 heterocycles. The van der Waals surface area contributed by atoms with Crippen molar-refractivity contribution >= 4 is 53.4 Å². The summed E-state index contributed by atoms with van der Waals surface area (Å²) in [5.74, 6) is -6.01. The quantitative estimate of drug-likeness (QED) is 0.0265. The molecule has 4 atom stereocenters. The lowest BCUT2D eigenvalue weighted by Gasteiger charge is -2.23. The summed E-state index contributed by atoms with van der Waals surface area (Å²) < 4.78 is 5.65. The topological polar surface area (TPSA) is 357 Å². The molecule has 0 aliphatic rings. The first-order valence-electron chi connectivity index (χ1n) is 17.8. The Morgan fingerprint density at radius 1 is 0.842 bits per heavy atom. The van der Waals surface area contributed by atoms with Crippen LogP contribution in [0, 0.1) is 5.92 Å². The Balaban J connectivity index is 1.92. The number of nitrogens with zero attached hydrogens (tertiary/aromatic N) is 4. The number of nitrogens with two attached hydrogens (primary N) is 3. The van der Waals surface area contributed by atoms with Crippen LogP contribution in [0.3, 0.4) is 0 Å². The third-order valence-corrected chi connectivity index (χ3v) is 7.79. The first kappa shape index (κ1) is 46.4. The van der Waals surface area contributed by atoms with Crippen molar-refractivity contribution < 1.29 is 48.5 Å². The molecule has 22 nitrogen and oxygen atoms in total. The van der Waals surface area contributed by atoms with Gasteiger partial charge in [-0.3, -0.25) is 29.0 Å². The van der Waals surface area contributed by atoms with Crippen LogP contribution >= 0.6 is 0 Å². The highest BCUT2D eigenvalue weighted by Crippen LogP contribution is 2.14. The van der Waals surface area contributed by atoms with Crippen molar-refractivity contribution in [3.8, 4) is 5.75 Å². The average molecular weight is 799 g/mol. The molecule has 6 amide bonds. The minimum absolute atomic E-state index is 0.0707. The molecule has 2 rings (SSSR count). The largest absolute Gasteiger partial charge is 0.494 e. The van der Waals surface area contributed by atoms with Crippen LogP contribution < -0.4 is 48.5 Å². The number of carboxylic acids is 2. The Morgan fingerprint density at radius 2 is 1.54 bits per heavy atom. The Hall–Kier alpha value is -6.71. The van der Waals surface area contributed by atoms with Gasteiger partial charge >= 0.3 is 18.0 Å². The third kappa shape index (κ3) is 18.9. The average Bonchev–Trinajstić information content (AvgIpc) is 3.16. The van der Waals surface area contributed by atoms with E-state index < -0.39 is 78.7 Å². The van der Waals surface area contributed by atoms with E-state index in [9.17, 15) is 43.8 Å². The minimum atomic E-state index is -1.71. The van der Waals surface area contributed by atoms with E-state index in [1.165, 1.54) is 6.20 Å². The number of guanidine groups is 1. The molecule has 1 aromatic carbocycles. The van der Waals surface area contributed by atoms with Gasteiger partial charge in [-0.05, 0) is 55.0 Å². The van der Waals surface area contributed by atoms with E-state index in [0.29, 0.717) is 23.6 Å². The highest BCUT2D eigenvalue weighted by Gasteiger charge is 2.30. The fourth-order valence-corrected chi connectivity index (χ4v) is 4.70. The van der Waals surface area contributed by atoms with Crippen LogP contribution in [0.1, 0.15) is 45.1 Å². The number of aromatic nitrogens is 1. The monoisotopic (exact) mass is 798 g/mol. The Labute approximate surface area is 327 Å². The molecule has 2 aromatic rings. The molecule has 0 spiro atoms. The van der Waals surface area contributed by atoms with Crippen molar-refractivity contribution in [3.63, 3.8) is 0 Å². The van der Waals surface area contributed by atoms with Crippen LogP contribution in [-0.2, 0) is 35.2 Å². The number of hydrogen-bond acceptors (Lipinski definition) is 12. The molecule has 0 saturated carbocycles. The number of hydrogen-bond donors (Lipinski definition) is 10. The number of aliphatic carboxylic acids is 2. The number of carbonyl (C=O) groups is 7. The molecule has 0 aliphatic heterocycles. The summed E-state index contributed by atoms with van der Waals surface area (Å²) in [5, 5.41) is 38.3. The van der Waals surface area contributed by atoms with E-state index in [-0.39, 0.29) is 50.8 Å². The molecule has 22 heteroatoms. The lowest BCUT2D eigenvalue weighted by atomic mass is 10.0. The molecule has 0 radical (unpaired) electrons. The lowest BCUT2D eigenvalue weighted by molar-refractivity contribution is -0.143. The van der Waals surface area contributed by atoms with Crippen molar-refractivity contribution in [2.45, 2.75) is 70.1 Å². The van der Waals surface area contributed by atoms with Gasteiger partial charge in [0.1, 0.15) is 23.9 Å². The number of rotatable bonds is 24. The molecule has 57 heavy (non-hydrogen) atoms. The summed E-state index contributed by atoms with van der Waals surface area (Å²) in [5.41, 5.74) is 17.0. The van der Waals surface area contributed by atoms with Gasteiger partial charge in [-0.1, -0.05) is 37.2 Å². The van der Waals surface area contributed by atoms with Crippen molar-refractivity contribution in [2.75, 3.05) is 26.2 Å². The Bertz CT molecular complexity index is 1720. The van der Waals surface area contributed by atoms with Gasteiger partial charge in [-0.2, -0.15) is 0 Å². The van der Waals surface area contributed by atoms with Gasteiger partial charge in [0.2, 0.25) is 23.6 Å². The van der Waals surface area contributed by atoms with E-state index >= 15 is 0 Å². The summed E-state index contributed by atoms with van der Waals surface area (Å²) in [6.07, 6.45) is 1.19. The molecular formula is C35H50N12O10. The lowest BCUT2D eigenvalue weighted by Crippen LogP contribution is -2.56. The van der Waals surface area contributed by atoms with E-state index in [1.807, 2.05) is 0 Å². The molecule has 0 aliphatic carbocycles. The number of carbonyl (C=O) groups excluding carboxylic acids is 5. The van der Waals surface area contributed by atoms with E-state index in [2.05, 4.69) is 46.8 Å². The van der Waals surface area contributed by atoms with Gasteiger partial charge in [0.15, 0.2) is 11.8 Å². The molecule has 0 unspecified atom stereocenters. The maximum absolute atomic E-state index is 13.1. The Morgan fingerprint density at radius 3 is 2.16 bits per heavy atom. The standard InChI is InChI=1S/C35H50N12O10/c1-20(2)29(36)32(53)44-23(7-5-14-40-34(37)38)30(51)42-19-27(48)43-24(18-28(49)50)31(52)45-25(33(54)55)17-21-9-11-22(12-10-21)57-16-6-15-41-35(56)47-46-26-8-3-4-13-39-26/h3-4,8-13,20,23-25,29H,5-7,14-19,36H2,1-2H3,(H,41,56)(H,42,51)(H,43,48)(H,44,53)(H,45,52)(H,49,50)(H,54,55)(H4,37,38,40)/b47-46+/t23-,24-,25-,29-/m0/s1. The van der Waals surface area contributed by atoms with Gasteiger partial charge < -0.3 is 58.7 Å². The van der Waals surface area contributed by atoms with Gasteiger partial charge in [-0.25, -0.2) is 14.6 Å². The zero-order valence-electron chi connectivity index (χ0n) is 31.6. The zero-order chi connectivity index (χ0) is 42.3. The number of aliphatic imine (C=N–C) groups is 1. The minimum Gasteiger partial charge on any atom is -0.494 e. The normalized spacial score (nSPS) is 13.0. The number of nitrogens with one attached hydrogen (secondary N) is 5. The molecule has 310 valence electrons. The fourth-order valence-electron chi connectivity index (χ4n) is 4.70. The van der Waals surface area contributed by atoms with E-state index in [4.69, 9.17) is 21.9 Å². The molecule has 13 N–H and O–H groups in total. The van der Waals surface area contributed by atoms with Gasteiger partial charge in [-0.15, -0.1) is 5.11 Å². The van der Waals surface area contributed by atoms with Crippen LogP contribution in [0.15, 0.2) is 63.9 Å². The first-order chi connectivity index (χ1) is 27.0. The van der Waals surface area contributed by atoms with Crippen LogP contribution in [0.5, 0.6) is 5.75 Å². The second-order valence-electron chi connectivity index (χ2n) is 12.8. The second kappa shape index (κ2) is 24.6. The highest BCUT2D eigenvalue weighted by molar-refractivity contribution is 5.95. The summed E-state index contributed by atoms with van der Waals surface area (Å²) >= 11 is 0. The van der Waals surface area contributed by atoms with Gasteiger partial charge in [0.05, 0.1) is 25.6 Å². The maximum Gasteiger partial charge on any atom is 0.359 e. The second-order valence-corrected chi connectivity index (χ2v) is 12.8. The highest BCUT2D eigenvalue weighted by atomic mass is 16.5. The van der Waals surface area contributed by atoms with E-state index in [0.717, 1.165) is 0 Å². The molecule has 0 saturated heterocycles. The summed E-state index contributed by atoms with van der Waals surface area (Å²) in [6, 6.07) is 5.38. The summed E-state index contributed by atoms with van der Waals surface area (Å²) in [6.45, 7) is 3.35. The van der Waals surface area contributed by atoms with Crippen molar-refractivity contribution in [1.82, 2.24) is 31.6 Å². The van der Waals surface area contributed by atoms with Gasteiger partial charge in [0, 0.05) is 25.7 Å². The van der Waals surface area contributed by atoms with Crippen molar-refractivity contribution in [1.29, 1.82) is 0 Å². The zero-order valence-corrected chi connectivity index (χ0v) is 31.6. The molecule has 0 bridgehead atoms.